The molecular weight excluding hydrogens is 192 g/mol. The predicted octanol–water partition coefficient (Wildman–Crippen LogP) is 1.64. The van der Waals surface area contributed by atoms with Crippen molar-refractivity contribution in [1.29, 1.82) is 0 Å². The zero-order valence-electron chi connectivity index (χ0n) is 8.93. The molecule has 0 spiro atoms. The molecule has 0 aromatic rings. The summed E-state index contributed by atoms with van der Waals surface area (Å²) in [4.78, 5) is 0. The van der Waals surface area contributed by atoms with Crippen LogP contribution in [0.5, 0.6) is 0 Å². The van der Waals surface area contributed by atoms with Crippen LogP contribution in [-0.4, -0.2) is 36.6 Å². The number of rotatable bonds is 2. The Hall–Kier alpha value is -0.120. The van der Waals surface area contributed by atoms with E-state index in [9.17, 15) is 0 Å². The molecule has 4 bridgehead atoms. The van der Waals surface area contributed by atoms with E-state index in [-0.39, 0.29) is 0 Å². The summed E-state index contributed by atoms with van der Waals surface area (Å²) in [6, 6.07) is 0. The van der Waals surface area contributed by atoms with Gasteiger partial charge in [0.2, 0.25) is 0 Å². The highest BCUT2D eigenvalue weighted by Crippen LogP contribution is 2.41. The van der Waals surface area contributed by atoms with E-state index in [2.05, 4.69) is 0 Å². The number of hydrogen-bond acceptors (Lipinski definition) is 3. The lowest BCUT2D eigenvalue weighted by Crippen LogP contribution is -2.57. The van der Waals surface area contributed by atoms with E-state index in [0.717, 1.165) is 0 Å². The second-order valence-corrected chi connectivity index (χ2v) is 5.43. The van der Waals surface area contributed by atoms with Crippen molar-refractivity contribution in [2.24, 2.45) is 0 Å². The van der Waals surface area contributed by atoms with Crippen LogP contribution in [0.25, 0.3) is 0 Å². The first-order valence-electron chi connectivity index (χ1n) is 6.35. The van der Waals surface area contributed by atoms with Crippen molar-refractivity contribution in [2.45, 2.75) is 75.1 Å². The van der Waals surface area contributed by atoms with Gasteiger partial charge in [-0.1, -0.05) is 0 Å². The van der Waals surface area contributed by atoms with Gasteiger partial charge in [0.05, 0.1) is 36.6 Å². The van der Waals surface area contributed by atoms with Crippen molar-refractivity contribution in [3.8, 4) is 0 Å². The third-order valence-corrected chi connectivity index (χ3v) is 4.45. The van der Waals surface area contributed by atoms with Gasteiger partial charge in [-0.15, -0.1) is 0 Å². The summed E-state index contributed by atoms with van der Waals surface area (Å²) in [7, 11) is 0. The Balaban J connectivity index is 1.38. The molecule has 6 rings (SSSR count). The maximum Gasteiger partial charge on any atom is 0.0865 e. The van der Waals surface area contributed by atoms with Crippen molar-refractivity contribution >= 4 is 0 Å². The molecule has 2 saturated carbocycles. The van der Waals surface area contributed by atoms with E-state index in [1.807, 2.05) is 0 Å². The Kier molecular flexibility index (Phi) is 1.91. The Morgan fingerprint density at radius 3 is 1.53 bits per heavy atom. The summed E-state index contributed by atoms with van der Waals surface area (Å²) in [5.41, 5.74) is 0. The SMILES string of the molecule is C1CC(OC2CCC3CC2O3)C2CC1O2. The van der Waals surface area contributed by atoms with E-state index in [1.54, 1.807) is 0 Å². The quantitative estimate of drug-likeness (QED) is 0.693. The summed E-state index contributed by atoms with van der Waals surface area (Å²) >= 11 is 0. The highest BCUT2D eigenvalue weighted by molar-refractivity contribution is 4.95. The summed E-state index contributed by atoms with van der Waals surface area (Å²) < 4.78 is 17.6. The highest BCUT2D eigenvalue weighted by atomic mass is 16.6. The first-order valence-corrected chi connectivity index (χ1v) is 6.35. The Morgan fingerprint density at radius 2 is 1.20 bits per heavy atom. The molecule has 0 aromatic heterocycles. The van der Waals surface area contributed by atoms with Gasteiger partial charge in [0.1, 0.15) is 0 Å². The Morgan fingerprint density at radius 1 is 0.733 bits per heavy atom. The molecule has 0 radical (unpaired) electrons. The predicted molar refractivity (Wildman–Crippen MR) is 53.7 cm³/mol. The van der Waals surface area contributed by atoms with Gasteiger partial charge in [0, 0.05) is 12.8 Å². The molecule has 3 heteroatoms. The summed E-state index contributed by atoms with van der Waals surface area (Å²) in [5, 5.41) is 0. The topological polar surface area (TPSA) is 27.7 Å². The second kappa shape index (κ2) is 3.19. The normalized spacial score (nSPS) is 56.8. The van der Waals surface area contributed by atoms with E-state index >= 15 is 0 Å². The van der Waals surface area contributed by atoms with Crippen molar-refractivity contribution in [2.75, 3.05) is 0 Å². The van der Waals surface area contributed by atoms with E-state index in [0.29, 0.717) is 36.6 Å². The first-order chi connectivity index (χ1) is 7.38. The molecule has 0 amide bonds. The molecular formula is C12H18O3. The largest absolute Gasteiger partial charge is 0.372 e. The van der Waals surface area contributed by atoms with Crippen molar-refractivity contribution in [1.82, 2.24) is 0 Å². The standard InChI is InChI=1S/C12H18O3/c1-3-9(11-5-7(1)13-11)15-10-4-2-8-6-12(10)14-8/h7-12H,1-6H2. The van der Waals surface area contributed by atoms with Crippen LogP contribution < -0.4 is 0 Å². The van der Waals surface area contributed by atoms with Gasteiger partial charge in [0.25, 0.3) is 0 Å². The van der Waals surface area contributed by atoms with Crippen molar-refractivity contribution in [3.05, 3.63) is 0 Å². The number of ether oxygens (including phenoxy) is 3. The lowest BCUT2D eigenvalue weighted by Gasteiger charge is -2.51. The summed E-state index contributed by atoms with van der Waals surface area (Å²) in [6.45, 7) is 0. The second-order valence-electron chi connectivity index (χ2n) is 5.43. The monoisotopic (exact) mass is 210 g/mol. The first kappa shape index (κ1) is 8.97. The molecule has 4 aliphatic heterocycles. The average molecular weight is 210 g/mol. The van der Waals surface area contributed by atoms with Gasteiger partial charge in [-0.25, -0.2) is 0 Å². The average Bonchev–Trinajstić information content (AvgIpc) is 2.15. The molecule has 84 valence electrons. The summed E-state index contributed by atoms with van der Waals surface area (Å²) in [6.07, 6.45) is 9.89. The smallest absolute Gasteiger partial charge is 0.0865 e. The van der Waals surface area contributed by atoms with Gasteiger partial charge in [-0.05, 0) is 25.7 Å². The van der Waals surface area contributed by atoms with Gasteiger partial charge >= 0.3 is 0 Å². The van der Waals surface area contributed by atoms with E-state index in [1.165, 1.54) is 38.5 Å². The number of hydrogen-bond donors (Lipinski definition) is 0. The minimum Gasteiger partial charge on any atom is -0.372 e. The summed E-state index contributed by atoms with van der Waals surface area (Å²) in [5.74, 6) is 0. The van der Waals surface area contributed by atoms with Crippen molar-refractivity contribution in [3.63, 3.8) is 0 Å². The van der Waals surface area contributed by atoms with Gasteiger partial charge in [-0.3, -0.25) is 0 Å². The molecule has 0 N–H and O–H groups in total. The fraction of sp³-hybridized carbons (Fsp3) is 1.00. The van der Waals surface area contributed by atoms with Crippen LogP contribution in [-0.2, 0) is 14.2 Å². The number of fused-ring (bicyclic) bond motifs is 4. The lowest BCUT2D eigenvalue weighted by molar-refractivity contribution is -0.274. The van der Waals surface area contributed by atoms with E-state index in [4.69, 9.17) is 14.2 Å². The third kappa shape index (κ3) is 1.37. The Bertz CT molecular complexity index is 224. The van der Waals surface area contributed by atoms with Crippen LogP contribution in [0.2, 0.25) is 0 Å². The van der Waals surface area contributed by atoms with Crippen LogP contribution >= 0.6 is 0 Å². The van der Waals surface area contributed by atoms with Crippen LogP contribution in [0.3, 0.4) is 0 Å². The fourth-order valence-electron chi connectivity index (χ4n) is 3.45. The molecule has 4 heterocycles. The molecule has 6 unspecified atom stereocenters. The van der Waals surface area contributed by atoms with Crippen molar-refractivity contribution < 1.29 is 14.2 Å². The molecule has 4 saturated heterocycles. The van der Waals surface area contributed by atoms with Crippen LogP contribution in [0, 0.1) is 0 Å². The molecule has 6 atom stereocenters. The third-order valence-electron chi connectivity index (χ3n) is 4.45. The van der Waals surface area contributed by atoms with Gasteiger partial charge < -0.3 is 14.2 Å². The van der Waals surface area contributed by atoms with Crippen LogP contribution in [0.15, 0.2) is 0 Å². The van der Waals surface area contributed by atoms with Crippen LogP contribution in [0.4, 0.5) is 0 Å². The zero-order valence-corrected chi connectivity index (χ0v) is 8.93. The van der Waals surface area contributed by atoms with Gasteiger partial charge in [-0.2, -0.15) is 0 Å². The maximum atomic E-state index is 6.18. The van der Waals surface area contributed by atoms with E-state index < -0.39 is 0 Å². The molecule has 6 aliphatic rings. The minimum atomic E-state index is 0.362. The van der Waals surface area contributed by atoms with Crippen LogP contribution in [0.1, 0.15) is 38.5 Å². The fourth-order valence-corrected chi connectivity index (χ4v) is 3.45. The zero-order chi connectivity index (χ0) is 9.83. The highest BCUT2D eigenvalue weighted by Gasteiger charge is 2.47. The molecule has 2 aliphatic carbocycles. The van der Waals surface area contributed by atoms with Gasteiger partial charge in [0.15, 0.2) is 0 Å². The molecule has 0 aromatic carbocycles. The molecule has 15 heavy (non-hydrogen) atoms. The lowest BCUT2D eigenvalue weighted by atomic mass is 9.84. The Labute approximate surface area is 90.1 Å². The molecule has 3 nitrogen and oxygen atoms in total. The molecule has 6 fully saturated rings. The maximum absolute atomic E-state index is 6.18. The minimum absolute atomic E-state index is 0.362.